The summed E-state index contributed by atoms with van der Waals surface area (Å²) in [5.74, 6) is -0.568. The summed E-state index contributed by atoms with van der Waals surface area (Å²) in [7, 11) is 1.73. The van der Waals surface area contributed by atoms with Crippen LogP contribution in [0.15, 0.2) is 60.7 Å². The van der Waals surface area contributed by atoms with Crippen LogP contribution < -0.4 is 5.32 Å². The molecular formula is C21H18ClF3N2O. The van der Waals surface area contributed by atoms with Crippen molar-refractivity contribution in [2.75, 3.05) is 18.9 Å². The Bertz CT molecular complexity index is 1000. The van der Waals surface area contributed by atoms with Gasteiger partial charge in [-0.2, -0.15) is 13.2 Å². The van der Waals surface area contributed by atoms with Gasteiger partial charge in [0.05, 0.1) is 22.8 Å². The van der Waals surface area contributed by atoms with E-state index in [1.54, 1.807) is 11.9 Å². The minimum atomic E-state index is -4.61. The molecule has 3 aromatic carbocycles. The van der Waals surface area contributed by atoms with Crippen LogP contribution in [0, 0.1) is 0 Å². The highest BCUT2D eigenvalue weighted by molar-refractivity contribution is 6.34. The quantitative estimate of drug-likeness (QED) is 0.599. The maximum Gasteiger partial charge on any atom is 0.418 e. The minimum absolute atomic E-state index is 0.0741. The fourth-order valence-electron chi connectivity index (χ4n) is 3.02. The van der Waals surface area contributed by atoms with Crippen molar-refractivity contribution in [3.05, 3.63) is 76.8 Å². The highest BCUT2D eigenvalue weighted by Gasteiger charge is 2.34. The molecule has 0 bridgehead atoms. The predicted molar refractivity (Wildman–Crippen MR) is 105 cm³/mol. The molecule has 0 heterocycles. The average Bonchev–Trinajstić information content (AvgIpc) is 2.62. The van der Waals surface area contributed by atoms with E-state index in [4.69, 9.17) is 11.6 Å². The van der Waals surface area contributed by atoms with Crippen LogP contribution in [-0.2, 0) is 17.5 Å². The van der Waals surface area contributed by atoms with E-state index in [-0.39, 0.29) is 11.6 Å². The molecule has 3 aromatic rings. The maximum absolute atomic E-state index is 13.1. The van der Waals surface area contributed by atoms with E-state index in [1.165, 1.54) is 12.1 Å². The number of halogens is 4. The smallest absolute Gasteiger partial charge is 0.323 e. The predicted octanol–water partition coefficient (Wildman–Crippen LogP) is 5.58. The number of nitrogens with zero attached hydrogens (tertiary/aromatic N) is 1. The van der Waals surface area contributed by atoms with Crippen LogP contribution in [0.25, 0.3) is 10.8 Å². The second-order valence-electron chi connectivity index (χ2n) is 6.56. The van der Waals surface area contributed by atoms with Gasteiger partial charge in [-0.1, -0.05) is 54.1 Å². The number of carbonyl (C=O) groups excluding carboxylic acids is 1. The van der Waals surface area contributed by atoms with Crippen molar-refractivity contribution in [2.45, 2.75) is 12.7 Å². The molecule has 0 fully saturated rings. The number of amides is 1. The lowest BCUT2D eigenvalue weighted by molar-refractivity contribution is -0.137. The Kier molecular flexibility index (Phi) is 5.91. The van der Waals surface area contributed by atoms with Crippen LogP contribution in [0.4, 0.5) is 18.9 Å². The van der Waals surface area contributed by atoms with Gasteiger partial charge in [0.25, 0.3) is 0 Å². The van der Waals surface area contributed by atoms with Crippen LogP contribution in [0.2, 0.25) is 5.02 Å². The Hall–Kier alpha value is -2.57. The molecule has 0 radical (unpaired) electrons. The van der Waals surface area contributed by atoms with Gasteiger partial charge in [-0.25, -0.2) is 0 Å². The van der Waals surface area contributed by atoms with Gasteiger partial charge in [0, 0.05) is 6.54 Å². The summed E-state index contributed by atoms with van der Waals surface area (Å²) in [6, 6.07) is 17.3. The maximum atomic E-state index is 13.1. The first kappa shape index (κ1) is 20.2. The molecular weight excluding hydrogens is 389 g/mol. The number of hydrogen-bond acceptors (Lipinski definition) is 2. The molecule has 0 atom stereocenters. The highest BCUT2D eigenvalue weighted by Crippen LogP contribution is 2.38. The highest BCUT2D eigenvalue weighted by atomic mass is 35.5. The third kappa shape index (κ3) is 4.82. The summed E-state index contributed by atoms with van der Waals surface area (Å²) in [5, 5.41) is 4.35. The molecule has 0 aliphatic heterocycles. The largest absolute Gasteiger partial charge is 0.418 e. The van der Waals surface area contributed by atoms with Gasteiger partial charge in [0.15, 0.2) is 0 Å². The van der Waals surface area contributed by atoms with Crippen LogP contribution in [0.5, 0.6) is 0 Å². The second kappa shape index (κ2) is 8.20. The SMILES string of the molecule is CN(CC(=O)Nc1c(Cl)cccc1C(F)(F)F)Cc1ccc2ccccc2c1. The van der Waals surface area contributed by atoms with Crippen LogP contribution in [0.3, 0.4) is 0 Å². The van der Waals surface area contributed by atoms with Crippen LogP contribution >= 0.6 is 11.6 Å². The van der Waals surface area contributed by atoms with E-state index in [1.807, 2.05) is 42.5 Å². The van der Waals surface area contributed by atoms with E-state index < -0.39 is 23.3 Å². The Balaban J connectivity index is 1.68. The third-order valence-electron chi connectivity index (χ3n) is 4.26. The van der Waals surface area contributed by atoms with Gasteiger partial charge in [-0.3, -0.25) is 9.69 Å². The standard InChI is InChI=1S/C21H18ClF3N2O/c1-27(12-14-9-10-15-5-2-3-6-16(15)11-14)13-19(28)26-20-17(21(23,24)25)7-4-8-18(20)22/h2-11H,12-13H2,1H3,(H,26,28). The Morgan fingerprint density at radius 2 is 1.75 bits per heavy atom. The van der Waals surface area contributed by atoms with Gasteiger partial charge in [-0.05, 0) is 41.6 Å². The monoisotopic (exact) mass is 406 g/mol. The number of alkyl halides is 3. The second-order valence-corrected chi connectivity index (χ2v) is 6.97. The van der Waals surface area contributed by atoms with E-state index >= 15 is 0 Å². The fourth-order valence-corrected chi connectivity index (χ4v) is 3.24. The number of nitrogens with one attached hydrogen (secondary N) is 1. The van der Waals surface area contributed by atoms with Gasteiger partial charge in [0.2, 0.25) is 5.91 Å². The topological polar surface area (TPSA) is 32.3 Å². The molecule has 3 rings (SSSR count). The molecule has 0 saturated heterocycles. The number of para-hydroxylation sites is 1. The fraction of sp³-hybridized carbons (Fsp3) is 0.190. The number of anilines is 1. The molecule has 0 spiro atoms. The Morgan fingerprint density at radius 1 is 1.04 bits per heavy atom. The molecule has 0 aliphatic carbocycles. The molecule has 0 unspecified atom stereocenters. The van der Waals surface area contributed by atoms with Crippen LogP contribution in [0.1, 0.15) is 11.1 Å². The zero-order chi connectivity index (χ0) is 20.3. The van der Waals surface area contributed by atoms with Crippen molar-refractivity contribution in [1.82, 2.24) is 4.90 Å². The third-order valence-corrected chi connectivity index (χ3v) is 4.58. The summed E-state index contributed by atoms with van der Waals surface area (Å²) in [6.45, 7) is 0.405. The van der Waals surface area contributed by atoms with Crippen molar-refractivity contribution >= 4 is 34.0 Å². The number of rotatable bonds is 5. The Morgan fingerprint density at radius 3 is 2.46 bits per heavy atom. The summed E-state index contributed by atoms with van der Waals surface area (Å²) in [4.78, 5) is 14.0. The summed E-state index contributed by atoms with van der Waals surface area (Å²) in [6.07, 6.45) is -4.61. The molecule has 0 saturated carbocycles. The number of likely N-dealkylation sites (N-methyl/N-ethyl adjacent to an activating group) is 1. The van der Waals surface area contributed by atoms with Crippen molar-refractivity contribution in [1.29, 1.82) is 0 Å². The molecule has 3 nitrogen and oxygen atoms in total. The molecule has 1 N–H and O–H groups in total. The summed E-state index contributed by atoms with van der Waals surface area (Å²) >= 11 is 5.87. The molecule has 28 heavy (non-hydrogen) atoms. The zero-order valence-electron chi connectivity index (χ0n) is 15.1. The van der Waals surface area contributed by atoms with Crippen molar-refractivity contribution in [2.24, 2.45) is 0 Å². The van der Waals surface area contributed by atoms with Crippen LogP contribution in [-0.4, -0.2) is 24.4 Å². The van der Waals surface area contributed by atoms with Gasteiger partial charge in [-0.15, -0.1) is 0 Å². The van der Waals surface area contributed by atoms with E-state index in [0.717, 1.165) is 22.4 Å². The first-order valence-electron chi connectivity index (χ1n) is 8.56. The van der Waals surface area contributed by atoms with Crippen molar-refractivity contribution < 1.29 is 18.0 Å². The number of hydrogen-bond donors (Lipinski definition) is 1. The van der Waals surface area contributed by atoms with Crippen molar-refractivity contribution in [3.63, 3.8) is 0 Å². The summed E-state index contributed by atoms with van der Waals surface area (Å²) in [5.41, 5.74) is -0.381. The minimum Gasteiger partial charge on any atom is -0.323 e. The first-order chi connectivity index (χ1) is 13.2. The summed E-state index contributed by atoms with van der Waals surface area (Å²) < 4.78 is 39.4. The van der Waals surface area contributed by atoms with E-state index in [2.05, 4.69) is 5.32 Å². The van der Waals surface area contributed by atoms with Crippen molar-refractivity contribution in [3.8, 4) is 0 Å². The van der Waals surface area contributed by atoms with E-state index in [9.17, 15) is 18.0 Å². The van der Waals surface area contributed by atoms with E-state index in [0.29, 0.717) is 6.54 Å². The molecule has 146 valence electrons. The first-order valence-corrected chi connectivity index (χ1v) is 8.93. The Labute approximate surface area is 165 Å². The zero-order valence-corrected chi connectivity index (χ0v) is 15.8. The number of carbonyl (C=O) groups is 1. The average molecular weight is 407 g/mol. The van der Waals surface area contributed by atoms with Gasteiger partial charge < -0.3 is 5.32 Å². The lowest BCUT2D eigenvalue weighted by atomic mass is 10.1. The lowest BCUT2D eigenvalue weighted by Gasteiger charge is -2.19. The molecule has 0 aliphatic rings. The number of benzene rings is 3. The van der Waals surface area contributed by atoms with Gasteiger partial charge in [0.1, 0.15) is 0 Å². The number of fused-ring (bicyclic) bond motifs is 1. The molecule has 1 amide bonds. The molecule has 7 heteroatoms. The molecule has 0 aromatic heterocycles. The van der Waals surface area contributed by atoms with Gasteiger partial charge >= 0.3 is 6.18 Å². The normalized spacial score (nSPS) is 11.8. The lowest BCUT2D eigenvalue weighted by Crippen LogP contribution is -2.30.